The van der Waals surface area contributed by atoms with Crippen molar-refractivity contribution >= 4 is 27.5 Å². The molecule has 2 amide bonds. The largest absolute Gasteiger partial charge is 0.495 e. The number of para-hydroxylation sites is 2. The van der Waals surface area contributed by atoms with Gasteiger partial charge in [-0.15, -0.1) is 0 Å². The van der Waals surface area contributed by atoms with Crippen molar-refractivity contribution in [3.05, 3.63) is 54.1 Å². The first-order chi connectivity index (χ1) is 13.4. The highest BCUT2D eigenvalue weighted by atomic mass is 32.2. The number of carbonyl (C=O) groups excluding carboxylic acids is 2. The van der Waals surface area contributed by atoms with E-state index in [9.17, 15) is 18.0 Å². The van der Waals surface area contributed by atoms with Gasteiger partial charge in [-0.25, -0.2) is 8.42 Å². The van der Waals surface area contributed by atoms with Crippen LogP contribution in [0, 0.1) is 5.92 Å². The first-order valence-electron chi connectivity index (χ1n) is 8.77. The van der Waals surface area contributed by atoms with Crippen molar-refractivity contribution in [1.82, 2.24) is 10.9 Å². The van der Waals surface area contributed by atoms with Crippen LogP contribution in [0.5, 0.6) is 5.75 Å². The molecule has 3 N–H and O–H groups in total. The normalized spacial score (nSPS) is 13.9. The Bertz CT molecular complexity index is 987. The van der Waals surface area contributed by atoms with Crippen LogP contribution in [0.15, 0.2) is 53.4 Å². The summed E-state index contributed by atoms with van der Waals surface area (Å²) in [5.41, 5.74) is 5.09. The van der Waals surface area contributed by atoms with E-state index in [4.69, 9.17) is 4.74 Å². The van der Waals surface area contributed by atoms with Gasteiger partial charge in [0, 0.05) is 11.5 Å². The molecule has 0 aliphatic heterocycles. The zero-order valence-electron chi connectivity index (χ0n) is 15.3. The molecule has 0 atom stereocenters. The lowest BCUT2D eigenvalue weighted by Crippen LogP contribution is -2.46. The predicted octanol–water partition coefficient (Wildman–Crippen LogP) is 2.06. The van der Waals surface area contributed by atoms with Gasteiger partial charge in [-0.05, 0) is 43.2 Å². The maximum atomic E-state index is 12.7. The van der Waals surface area contributed by atoms with E-state index in [0.717, 1.165) is 19.3 Å². The van der Waals surface area contributed by atoms with Gasteiger partial charge in [0.1, 0.15) is 5.75 Å². The molecule has 8 nitrogen and oxygen atoms in total. The average molecular weight is 403 g/mol. The van der Waals surface area contributed by atoms with Crippen molar-refractivity contribution in [1.29, 1.82) is 0 Å². The third-order valence-electron chi connectivity index (χ3n) is 4.53. The summed E-state index contributed by atoms with van der Waals surface area (Å²) in [6.07, 6.45) is 2.62. The highest BCUT2D eigenvalue weighted by Gasteiger charge is 2.25. The van der Waals surface area contributed by atoms with Gasteiger partial charge in [0.25, 0.3) is 15.9 Å². The topological polar surface area (TPSA) is 114 Å². The van der Waals surface area contributed by atoms with Crippen molar-refractivity contribution in [2.75, 3.05) is 11.8 Å². The van der Waals surface area contributed by atoms with Gasteiger partial charge in [-0.3, -0.25) is 25.2 Å². The lowest BCUT2D eigenvalue weighted by Gasteiger charge is -2.24. The number of hydrazine groups is 1. The van der Waals surface area contributed by atoms with Gasteiger partial charge in [0.05, 0.1) is 17.7 Å². The molecule has 0 heterocycles. The summed E-state index contributed by atoms with van der Waals surface area (Å²) in [5, 5.41) is 0. The van der Waals surface area contributed by atoms with E-state index in [1.807, 2.05) is 0 Å². The number of rotatable bonds is 6. The first kappa shape index (κ1) is 19.7. The molecule has 1 aliphatic rings. The third kappa shape index (κ3) is 4.42. The molecule has 1 aliphatic carbocycles. The Labute approximate surface area is 163 Å². The minimum Gasteiger partial charge on any atom is -0.495 e. The molecule has 0 radical (unpaired) electrons. The van der Waals surface area contributed by atoms with E-state index in [-0.39, 0.29) is 28.0 Å². The number of amides is 2. The lowest BCUT2D eigenvalue weighted by molar-refractivity contribution is -0.128. The molecule has 0 unspecified atom stereocenters. The highest BCUT2D eigenvalue weighted by Crippen LogP contribution is 2.27. The molecular formula is C19H21N3O5S. The van der Waals surface area contributed by atoms with E-state index in [2.05, 4.69) is 15.6 Å². The smallest absolute Gasteiger partial charge is 0.269 e. The SMILES string of the molecule is COc1ccccc1NS(=O)(=O)c1cccc(C(=O)NNC(=O)C2CCC2)c1. The summed E-state index contributed by atoms with van der Waals surface area (Å²) in [5.74, 6) is -0.529. The van der Waals surface area contributed by atoms with Gasteiger partial charge in [-0.2, -0.15) is 0 Å². The van der Waals surface area contributed by atoms with Crippen LogP contribution in [0.2, 0.25) is 0 Å². The van der Waals surface area contributed by atoms with Crippen LogP contribution >= 0.6 is 0 Å². The second-order valence-electron chi connectivity index (χ2n) is 6.40. The Morgan fingerprint density at radius 1 is 1.04 bits per heavy atom. The van der Waals surface area contributed by atoms with Crippen LogP contribution in [0.1, 0.15) is 29.6 Å². The standard InChI is InChI=1S/C19H21N3O5S/c1-27-17-11-3-2-10-16(17)22-28(25,26)15-9-5-8-14(12-15)19(24)21-20-18(23)13-6-4-7-13/h2-3,5,8-13,22H,4,6-7H2,1H3,(H,20,23)(H,21,24). The summed E-state index contributed by atoms with van der Waals surface area (Å²) < 4.78 is 32.9. The molecule has 9 heteroatoms. The minimum absolute atomic E-state index is 0.0722. The second-order valence-corrected chi connectivity index (χ2v) is 8.09. The first-order valence-corrected chi connectivity index (χ1v) is 10.2. The number of carbonyl (C=O) groups is 2. The number of nitrogens with one attached hydrogen (secondary N) is 3. The van der Waals surface area contributed by atoms with Crippen molar-refractivity contribution in [2.45, 2.75) is 24.2 Å². The van der Waals surface area contributed by atoms with Crippen LogP contribution in [0.4, 0.5) is 5.69 Å². The van der Waals surface area contributed by atoms with Crippen molar-refractivity contribution in [2.24, 2.45) is 5.92 Å². The Morgan fingerprint density at radius 2 is 1.79 bits per heavy atom. The fraction of sp³-hybridized carbons (Fsp3) is 0.263. The van der Waals surface area contributed by atoms with Crippen LogP contribution in [0.3, 0.4) is 0 Å². The van der Waals surface area contributed by atoms with Gasteiger partial charge < -0.3 is 4.74 Å². The Hall–Kier alpha value is -3.07. The molecule has 0 aromatic heterocycles. The molecule has 0 bridgehead atoms. The Kier molecular flexibility index (Phi) is 5.84. The number of ether oxygens (including phenoxy) is 1. The molecule has 1 saturated carbocycles. The van der Waals surface area contributed by atoms with Gasteiger partial charge in [0.2, 0.25) is 5.91 Å². The summed E-state index contributed by atoms with van der Waals surface area (Å²) in [7, 11) is -2.50. The number of anilines is 1. The lowest BCUT2D eigenvalue weighted by atomic mass is 9.85. The van der Waals surface area contributed by atoms with Crippen LogP contribution in [0.25, 0.3) is 0 Å². The molecular weight excluding hydrogens is 382 g/mol. The quantitative estimate of drug-likeness (QED) is 0.639. The average Bonchev–Trinajstić information content (AvgIpc) is 2.65. The number of methoxy groups -OCH3 is 1. The predicted molar refractivity (Wildman–Crippen MR) is 103 cm³/mol. The zero-order chi connectivity index (χ0) is 20.1. The third-order valence-corrected chi connectivity index (χ3v) is 5.90. The number of benzene rings is 2. The number of sulfonamides is 1. The summed E-state index contributed by atoms with van der Waals surface area (Å²) in [6.45, 7) is 0. The van der Waals surface area contributed by atoms with Gasteiger partial charge in [-0.1, -0.05) is 24.6 Å². The Balaban J connectivity index is 1.72. The zero-order valence-corrected chi connectivity index (χ0v) is 16.1. The molecule has 0 spiro atoms. The summed E-state index contributed by atoms with van der Waals surface area (Å²) >= 11 is 0. The second kappa shape index (κ2) is 8.30. The maximum absolute atomic E-state index is 12.7. The molecule has 1 fully saturated rings. The molecule has 3 rings (SSSR count). The molecule has 2 aromatic rings. The summed E-state index contributed by atoms with van der Waals surface area (Å²) in [4.78, 5) is 24.0. The number of hydrogen-bond donors (Lipinski definition) is 3. The van der Waals surface area contributed by atoms with Crippen molar-refractivity contribution in [3.8, 4) is 5.75 Å². The molecule has 148 valence electrons. The molecule has 28 heavy (non-hydrogen) atoms. The van der Waals surface area contributed by atoms with Crippen LogP contribution in [-0.4, -0.2) is 27.3 Å². The van der Waals surface area contributed by atoms with E-state index in [0.29, 0.717) is 5.75 Å². The van der Waals surface area contributed by atoms with E-state index in [1.165, 1.54) is 31.4 Å². The minimum atomic E-state index is -3.94. The highest BCUT2D eigenvalue weighted by molar-refractivity contribution is 7.92. The van der Waals surface area contributed by atoms with Crippen molar-refractivity contribution in [3.63, 3.8) is 0 Å². The van der Waals surface area contributed by atoms with Crippen LogP contribution < -0.4 is 20.3 Å². The van der Waals surface area contributed by atoms with E-state index >= 15 is 0 Å². The van der Waals surface area contributed by atoms with Gasteiger partial charge in [0.15, 0.2) is 0 Å². The maximum Gasteiger partial charge on any atom is 0.269 e. The molecule has 0 saturated heterocycles. The Morgan fingerprint density at radius 3 is 2.46 bits per heavy atom. The fourth-order valence-electron chi connectivity index (χ4n) is 2.70. The number of hydrogen-bond acceptors (Lipinski definition) is 5. The van der Waals surface area contributed by atoms with E-state index < -0.39 is 15.9 Å². The van der Waals surface area contributed by atoms with Crippen LogP contribution in [-0.2, 0) is 14.8 Å². The summed E-state index contributed by atoms with van der Waals surface area (Å²) in [6, 6.07) is 12.1. The monoisotopic (exact) mass is 403 g/mol. The van der Waals surface area contributed by atoms with Crippen molar-refractivity contribution < 1.29 is 22.7 Å². The van der Waals surface area contributed by atoms with E-state index in [1.54, 1.807) is 24.3 Å². The fourth-order valence-corrected chi connectivity index (χ4v) is 3.82. The van der Waals surface area contributed by atoms with Gasteiger partial charge >= 0.3 is 0 Å². The molecule has 2 aromatic carbocycles.